The molecule has 1 aliphatic carbocycles. The van der Waals surface area contributed by atoms with Gasteiger partial charge in [0.25, 0.3) is 0 Å². The second-order valence-corrected chi connectivity index (χ2v) is 16.9. The minimum absolute atomic E-state index is 0.0109. The molecule has 1 aromatic rings. The predicted octanol–water partition coefficient (Wildman–Crippen LogP) is 5.96. The van der Waals surface area contributed by atoms with Crippen LogP contribution in [-0.4, -0.2) is 102 Å². The first-order chi connectivity index (χ1) is 25.2. The molecule has 54 heavy (non-hydrogen) atoms. The summed E-state index contributed by atoms with van der Waals surface area (Å²) in [7, 11) is 4.51. The number of ketones is 1. The number of Topliss-reactive ketones (excluding diaryl/α,β-unsaturated/α-hetero) is 1. The van der Waals surface area contributed by atoms with E-state index in [9.17, 15) is 24.3 Å². The molecule has 4 rings (SSSR count). The Balaban J connectivity index is 1.75. The van der Waals surface area contributed by atoms with Gasteiger partial charge in [-0.3, -0.25) is 14.9 Å². The van der Waals surface area contributed by atoms with Crippen LogP contribution in [0.3, 0.4) is 0 Å². The number of ether oxygens (including phenoxy) is 5. The van der Waals surface area contributed by atoms with Crippen LogP contribution in [0.1, 0.15) is 91.2 Å². The molecule has 2 heterocycles. The number of rotatable bonds is 8. The van der Waals surface area contributed by atoms with E-state index in [0.29, 0.717) is 23.6 Å². The normalized spacial score (nSPS) is 32.6. The van der Waals surface area contributed by atoms with Crippen molar-refractivity contribution in [2.45, 2.75) is 134 Å². The number of esters is 1. The van der Waals surface area contributed by atoms with Gasteiger partial charge < -0.3 is 33.7 Å². The summed E-state index contributed by atoms with van der Waals surface area (Å²) in [6.07, 6.45) is 1.59. The van der Waals surface area contributed by atoms with E-state index in [-0.39, 0.29) is 48.0 Å². The molecule has 0 aromatic heterocycles. The molecule has 2 N–H and O–H groups in total. The van der Waals surface area contributed by atoms with E-state index in [1.165, 1.54) is 19.1 Å². The maximum absolute atomic E-state index is 14.3. The van der Waals surface area contributed by atoms with Gasteiger partial charge in [-0.1, -0.05) is 55.3 Å². The summed E-state index contributed by atoms with van der Waals surface area (Å²) in [5.74, 6) is -1.26. The fourth-order valence-corrected chi connectivity index (χ4v) is 7.87. The highest BCUT2D eigenvalue weighted by molar-refractivity contribution is 7.80. The van der Waals surface area contributed by atoms with Crippen molar-refractivity contribution < 1.29 is 48.0 Å². The molecule has 12 nitrogen and oxygen atoms in total. The predicted molar refractivity (Wildman–Crippen MR) is 208 cm³/mol. The molecule has 0 spiro atoms. The van der Waals surface area contributed by atoms with Crippen molar-refractivity contribution in [3.8, 4) is 5.75 Å². The molecule has 2 amide bonds. The van der Waals surface area contributed by atoms with Gasteiger partial charge in [-0.15, -0.1) is 0 Å². The molecule has 0 radical (unpaired) electrons. The molecule has 1 saturated heterocycles. The Morgan fingerprint density at radius 3 is 2.48 bits per heavy atom. The highest BCUT2D eigenvalue weighted by Crippen LogP contribution is 2.57. The topological polar surface area (TPSA) is 150 Å². The molecule has 3 aliphatic rings. The van der Waals surface area contributed by atoms with Crippen molar-refractivity contribution in [3.05, 3.63) is 52.1 Å². The summed E-state index contributed by atoms with van der Waals surface area (Å²) in [6.45, 7) is 12.5. The Bertz CT molecular complexity index is 1630. The van der Waals surface area contributed by atoms with Crippen LogP contribution in [0.5, 0.6) is 5.75 Å². The number of thiol groups is 1. The third-order valence-electron chi connectivity index (χ3n) is 10.9. The molecule has 2 aliphatic heterocycles. The first-order valence-electron chi connectivity index (χ1n) is 18.5. The standard InChI is InChI=1S/C40H57ClN2O10S/c1-21-12-11-13-31(50-10)40(48)20-30(51-38(47)42-40)25(5)53-39(6,7)32(52-37(46)24(4)43(8)33(45)15-14-22(2)54)19-28(44)35-23(3)34(35)27-17-26(16-21)18-29(49-9)36(27)41/h11-13,17-18,22-25,30-32,34-35,48,54H,14-16,19-20H2,1-10H3,(H,42,47)/b13-11+,21-12+/t22?,23?,24?,25?,30?,31?,32?,34-,35?,40?/m1/s1. The minimum Gasteiger partial charge on any atom is -0.495 e. The third kappa shape index (κ3) is 10.2. The van der Waals surface area contributed by atoms with E-state index in [0.717, 1.165) is 16.7 Å². The molecule has 1 aromatic carbocycles. The third-order valence-corrected chi connectivity index (χ3v) is 11.6. The van der Waals surface area contributed by atoms with E-state index in [2.05, 4.69) is 17.9 Å². The van der Waals surface area contributed by atoms with Crippen LogP contribution in [0, 0.1) is 11.8 Å². The number of carbonyl (C=O) groups excluding carboxylic acids is 4. The Hall–Kier alpha value is -3.10. The zero-order chi connectivity index (χ0) is 40.3. The summed E-state index contributed by atoms with van der Waals surface area (Å²) in [5.41, 5.74) is -0.456. The number of halogens is 1. The number of aliphatic hydroxyl groups is 1. The lowest BCUT2D eigenvalue weighted by Crippen LogP contribution is -2.64. The van der Waals surface area contributed by atoms with Crippen molar-refractivity contribution in [3.63, 3.8) is 0 Å². The number of benzene rings is 1. The first kappa shape index (κ1) is 43.6. The molecule has 9 unspecified atom stereocenters. The zero-order valence-corrected chi connectivity index (χ0v) is 34.7. The number of hydrogen-bond donors (Lipinski definition) is 3. The summed E-state index contributed by atoms with van der Waals surface area (Å²) < 4.78 is 29.5. The van der Waals surface area contributed by atoms with Gasteiger partial charge in [0, 0.05) is 39.3 Å². The number of fused-ring (bicyclic) bond motifs is 6. The van der Waals surface area contributed by atoms with Gasteiger partial charge in [-0.05, 0) is 81.7 Å². The molecule has 1 saturated carbocycles. The lowest BCUT2D eigenvalue weighted by Gasteiger charge is -2.44. The van der Waals surface area contributed by atoms with Gasteiger partial charge >= 0.3 is 12.1 Å². The van der Waals surface area contributed by atoms with E-state index >= 15 is 0 Å². The van der Waals surface area contributed by atoms with Crippen LogP contribution in [0.15, 0.2) is 35.9 Å². The smallest absolute Gasteiger partial charge is 0.409 e. The fourth-order valence-electron chi connectivity index (χ4n) is 7.43. The largest absolute Gasteiger partial charge is 0.495 e. The molecular formula is C40H57ClN2O10S. The summed E-state index contributed by atoms with van der Waals surface area (Å²) in [5, 5.41) is 14.7. The monoisotopic (exact) mass is 792 g/mol. The summed E-state index contributed by atoms with van der Waals surface area (Å²) in [4.78, 5) is 55.1. The van der Waals surface area contributed by atoms with Crippen molar-refractivity contribution in [2.75, 3.05) is 21.3 Å². The van der Waals surface area contributed by atoms with Crippen LogP contribution in [0.25, 0.3) is 0 Å². The van der Waals surface area contributed by atoms with Crippen LogP contribution >= 0.6 is 24.2 Å². The van der Waals surface area contributed by atoms with E-state index in [1.54, 1.807) is 47.0 Å². The summed E-state index contributed by atoms with van der Waals surface area (Å²) >= 11 is 11.2. The lowest BCUT2D eigenvalue weighted by atomic mass is 9.91. The number of alkyl carbamates (subject to hydrolysis) is 1. The second kappa shape index (κ2) is 17.8. The van der Waals surface area contributed by atoms with E-state index < -0.39 is 59.8 Å². The average molecular weight is 793 g/mol. The van der Waals surface area contributed by atoms with Gasteiger partial charge in [0.2, 0.25) is 5.91 Å². The number of nitrogens with zero attached hydrogens (tertiary/aromatic N) is 1. The van der Waals surface area contributed by atoms with E-state index in [1.807, 2.05) is 39.0 Å². The Labute approximate surface area is 329 Å². The molecule has 14 heteroatoms. The van der Waals surface area contributed by atoms with Crippen molar-refractivity contribution >= 4 is 48.0 Å². The van der Waals surface area contributed by atoms with Gasteiger partial charge in [-0.2, -0.15) is 12.6 Å². The fraction of sp³-hybridized carbons (Fsp3) is 0.650. The number of nitrogens with one attached hydrogen (secondary N) is 1. The Morgan fingerprint density at radius 1 is 1.17 bits per heavy atom. The SMILES string of the molecule is COc1cc2cc(c1Cl)[C@H]1C(C)C1C(=O)CC(OC(=O)C(C)N(C)C(=O)CCC(C)S)C(C)(C)OC(C)C1CC(O)(NC(=O)O1)C(OC)/C=C/C=C(\C)C2. The number of carbonyl (C=O) groups is 4. The second-order valence-electron chi connectivity index (χ2n) is 15.6. The highest BCUT2D eigenvalue weighted by atomic mass is 35.5. The van der Waals surface area contributed by atoms with E-state index in [4.69, 9.17) is 35.3 Å². The number of methoxy groups -OCH3 is 2. The maximum Gasteiger partial charge on any atom is 0.409 e. The maximum atomic E-state index is 14.3. The van der Waals surface area contributed by atoms with Crippen molar-refractivity contribution in [2.24, 2.45) is 11.8 Å². The molecular weight excluding hydrogens is 736 g/mol. The quantitative estimate of drug-likeness (QED) is 0.213. The minimum atomic E-state index is -1.86. The molecule has 4 bridgehead atoms. The van der Waals surface area contributed by atoms with Crippen LogP contribution in [0.2, 0.25) is 5.02 Å². The summed E-state index contributed by atoms with van der Waals surface area (Å²) in [6, 6.07) is 2.92. The zero-order valence-electron chi connectivity index (χ0n) is 33.0. The van der Waals surface area contributed by atoms with Gasteiger partial charge in [0.05, 0.1) is 18.2 Å². The van der Waals surface area contributed by atoms with Crippen molar-refractivity contribution in [1.82, 2.24) is 10.2 Å². The first-order valence-corrected chi connectivity index (χ1v) is 19.4. The average Bonchev–Trinajstić information content (AvgIpc) is 3.77. The van der Waals surface area contributed by atoms with Gasteiger partial charge in [0.15, 0.2) is 5.72 Å². The van der Waals surface area contributed by atoms with Crippen LogP contribution < -0.4 is 10.1 Å². The highest BCUT2D eigenvalue weighted by Gasteiger charge is 2.55. The number of hydrogen-bond acceptors (Lipinski definition) is 11. The molecule has 2 fully saturated rings. The number of likely N-dealkylation sites (N-methyl/N-ethyl adjacent to an activating group) is 1. The van der Waals surface area contributed by atoms with Gasteiger partial charge in [-0.25, -0.2) is 9.59 Å². The Morgan fingerprint density at radius 2 is 1.85 bits per heavy atom. The molecule has 10 atom stereocenters. The lowest BCUT2D eigenvalue weighted by molar-refractivity contribution is -0.203. The number of allylic oxidation sites excluding steroid dienone is 3. The number of amides is 2. The van der Waals surface area contributed by atoms with Crippen LogP contribution in [-0.2, 0) is 39.8 Å². The Kier molecular flexibility index (Phi) is 14.4. The van der Waals surface area contributed by atoms with Gasteiger partial charge in [0.1, 0.15) is 41.5 Å². The van der Waals surface area contributed by atoms with Crippen molar-refractivity contribution in [1.29, 1.82) is 0 Å². The molecule has 300 valence electrons. The van der Waals surface area contributed by atoms with Crippen LogP contribution in [0.4, 0.5) is 4.79 Å².